The SMILES string of the molecule is CC(=O)c1sc(N2C(=O)C(=O)/C(=C(/O)c3ccc(OCc4ccccc4C)cc3)C2c2cccc(Cl)c2)nc1C. The van der Waals surface area contributed by atoms with Crippen LogP contribution in [0.3, 0.4) is 0 Å². The maximum Gasteiger partial charge on any atom is 0.301 e. The van der Waals surface area contributed by atoms with E-state index in [1.807, 2.05) is 31.2 Å². The van der Waals surface area contributed by atoms with Gasteiger partial charge in [0.05, 0.1) is 22.2 Å². The van der Waals surface area contributed by atoms with Gasteiger partial charge in [-0.15, -0.1) is 0 Å². The molecule has 1 aliphatic rings. The van der Waals surface area contributed by atoms with Crippen molar-refractivity contribution in [3.8, 4) is 5.75 Å². The molecule has 0 radical (unpaired) electrons. The van der Waals surface area contributed by atoms with Crippen molar-refractivity contribution >= 4 is 51.3 Å². The number of nitrogens with zero attached hydrogens (tertiary/aromatic N) is 2. The minimum absolute atomic E-state index is 0.0990. The highest BCUT2D eigenvalue weighted by molar-refractivity contribution is 7.18. The highest BCUT2D eigenvalue weighted by Crippen LogP contribution is 2.44. The van der Waals surface area contributed by atoms with Crippen LogP contribution in [-0.2, 0) is 16.2 Å². The smallest absolute Gasteiger partial charge is 0.301 e. The Hall–Kier alpha value is -4.27. The number of carbonyl (C=O) groups is 3. The van der Waals surface area contributed by atoms with E-state index in [0.29, 0.717) is 39.1 Å². The number of aliphatic hydroxyl groups is 1. The van der Waals surface area contributed by atoms with E-state index >= 15 is 0 Å². The van der Waals surface area contributed by atoms with Gasteiger partial charge >= 0.3 is 5.91 Å². The Kier molecular flexibility index (Phi) is 7.56. The van der Waals surface area contributed by atoms with E-state index in [4.69, 9.17) is 16.3 Å². The number of ether oxygens (including phenoxy) is 1. The molecule has 5 rings (SSSR count). The highest BCUT2D eigenvalue weighted by Gasteiger charge is 2.48. The molecule has 1 aliphatic heterocycles. The third-order valence-electron chi connectivity index (χ3n) is 6.70. The molecule has 7 nitrogen and oxygen atoms in total. The third kappa shape index (κ3) is 5.15. The van der Waals surface area contributed by atoms with Gasteiger partial charge in [-0.25, -0.2) is 4.98 Å². The topological polar surface area (TPSA) is 96.8 Å². The number of Topliss-reactive ketones (excluding diaryl/α,β-unsaturated/α-hetero) is 2. The van der Waals surface area contributed by atoms with E-state index in [1.54, 1.807) is 55.5 Å². The van der Waals surface area contributed by atoms with Crippen molar-refractivity contribution in [1.82, 2.24) is 4.98 Å². The lowest BCUT2D eigenvalue weighted by Crippen LogP contribution is -2.29. The molecule has 4 aromatic rings. The van der Waals surface area contributed by atoms with Gasteiger partial charge in [0.25, 0.3) is 5.78 Å². The van der Waals surface area contributed by atoms with Gasteiger partial charge in [0.2, 0.25) is 0 Å². The number of benzene rings is 3. The summed E-state index contributed by atoms with van der Waals surface area (Å²) >= 11 is 7.30. The molecular weight excluding hydrogens is 548 g/mol. The summed E-state index contributed by atoms with van der Waals surface area (Å²) in [5.41, 5.74) is 3.39. The van der Waals surface area contributed by atoms with Gasteiger partial charge in [0.1, 0.15) is 18.1 Å². The number of aryl methyl sites for hydroxylation is 2. The van der Waals surface area contributed by atoms with Crippen LogP contribution in [0.4, 0.5) is 5.13 Å². The van der Waals surface area contributed by atoms with Gasteiger partial charge in [0, 0.05) is 17.5 Å². The second-order valence-corrected chi connectivity index (χ2v) is 10.8. The van der Waals surface area contributed by atoms with Gasteiger partial charge in [-0.3, -0.25) is 19.3 Å². The summed E-state index contributed by atoms with van der Waals surface area (Å²) in [7, 11) is 0. The summed E-state index contributed by atoms with van der Waals surface area (Å²) in [5.74, 6) is -1.66. The maximum atomic E-state index is 13.4. The molecular formula is C31H25ClN2O5S. The first-order chi connectivity index (χ1) is 19.2. The predicted octanol–water partition coefficient (Wildman–Crippen LogP) is 6.82. The van der Waals surface area contributed by atoms with Crippen LogP contribution in [0.5, 0.6) is 5.75 Å². The van der Waals surface area contributed by atoms with Gasteiger partial charge < -0.3 is 9.84 Å². The lowest BCUT2D eigenvalue weighted by Gasteiger charge is -2.23. The van der Waals surface area contributed by atoms with Gasteiger partial charge in [-0.05, 0) is 66.9 Å². The number of ketones is 2. The lowest BCUT2D eigenvalue weighted by atomic mass is 9.95. The van der Waals surface area contributed by atoms with Crippen LogP contribution in [0.15, 0.2) is 78.4 Å². The Balaban J connectivity index is 1.54. The number of carbonyl (C=O) groups excluding carboxylic acids is 3. The molecule has 0 bridgehead atoms. The standard InChI is InChI=1S/C31H25ClN2O5S/c1-17-7-4-5-8-22(17)16-39-24-13-11-20(12-14-24)27(36)25-26(21-9-6-10-23(32)15-21)34(30(38)28(25)37)31-33-18(2)29(40-31)19(3)35/h4-15,26,36H,16H2,1-3H3/b27-25+. The molecule has 0 spiro atoms. The Morgan fingerprint density at radius 2 is 1.77 bits per heavy atom. The number of aromatic nitrogens is 1. The second kappa shape index (κ2) is 11.1. The molecule has 1 atom stereocenters. The van der Waals surface area contributed by atoms with Gasteiger partial charge in [-0.1, -0.05) is 59.3 Å². The normalized spacial score (nSPS) is 16.4. The molecule has 1 N–H and O–H groups in total. The zero-order valence-corrected chi connectivity index (χ0v) is 23.5. The fourth-order valence-electron chi connectivity index (χ4n) is 4.63. The Bertz CT molecular complexity index is 1680. The molecule has 202 valence electrons. The molecule has 1 fully saturated rings. The molecule has 1 saturated heterocycles. The monoisotopic (exact) mass is 572 g/mol. The number of amides is 1. The van der Waals surface area contributed by atoms with E-state index in [9.17, 15) is 19.5 Å². The number of aliphatic hydroxyl groups excluding tert-OH is 1. The molecule has 1 aromatic heterocycles. The van der Waals surface area contributed by atoms with Crippen molar-refractivity contribution in [2.24, 2.45) is 0 Å². The highest BCUT2D eigenvalue weighted by atomic mass is 35.5. The number of hydrogen-bond donors (Lipinski definition) is 1. The number of anilines is 1. The van der Waals surface area contributed by atoms with Crippen LogP contribution in [0, 0.1) is 13.8 Å². The number of thiazole rings is 1. The zero-order chi connectivity index (χ0) is 28.6. The summed E-state index contributed by atoms with van der Waals surface area (Å²) in [6, 6.07) is 20.3. The fraction of sp³-hybridized carbons (Fsp3) is 0.161. The summed E-state index contributed by atoms with van der Waals surface area (Å²) in [6.45, 7) is 5.48. The van der Waals surface area contributed by atoms with Crippen LogP contribution < -0.4 is 9.64 Å². The summed E-state index contributed by atoms with van der Waals surface area (Å²) in [4.78, 5) is 44.9. The number of halogens is 1. The van der Waals surface area contributed by atoms with Gasteiger partial charge in [-0.2, -0.15) is 0 Å². The third-order valence-corrected chi connectivity index (χ3v) is 8.20. The van der Waals surface area contributed by atoms with E-state index in [-0.39, 0.29) is 22.2 Å². The Labute approximate surface area is 240 Å². The largest absolute Gasteiger partial charge is 0.507 e. The van der Waals surface area contributed by atoms with E-state index < -0.39 is 17.7 Å². The number of hydrogen-bond acceptors (Lipinski definition) is 7. The summed E-state index contributed by atoms with van der Waals surface area (Å²) in [5, 5.41) is 12.0. The van der Waals surface area contributed by atoms with Crippen molar-refractivity contribution in [1.29, 1.82) is 0 Å². The molecule has 40 heavy (non-hydrogen) atoms. The minimum Gasteiger partial charge on any atom is -0.507 e. The maximum absolute atomic E-state index is 13.4. The quantitative estimate of drug-likeness (QED) is 0.113. The Morgan fingerprint density at radius 3 is 2.42 bits per heavy atom. The van der Waals surface area contributed by atoms with Crippen LogP contribution >= 0.6 is 22.9 Å². The van der Waals surface area contributed by atoms with Crippen LogP contribution in [0.25, 0.3) is 5.76 Å². The van der Waals surface area contributed by atoms with E-state index in [1.165, 1.54) is 11.8 Å². The van der Waals surface area contributed by atoms with Crippen LogP contribution in [0.1, 0.15) is 50.6 Å². The first-order valence-electron chi connectivity index (χ1n) is 12.5. The molecule has 0 saturated carbocycles. The lowest BCUT2D eigenvalue weighted by molar-refractivity contribution is -0.132. The summed E-state index contributed by atoms with van der Waals surface area (Å²) < 4.78 is 5.91. The number of rotatable bonds is 7. The molecule has 2 heterocycles. The van der Waals surface area contributed by atoms with Crippen molar-refractivity contribution in [3.63, 3.8) is 0 Å². The molecule has 1 amide bonds. The molecule has 9 heteroatoms. The molecule has 1 unspecified atom stereocenters. The minimum atomic E-state index is -0.999. The predicted molar refractivity (Wildman–Crippen MR) is 155 cm³/mol. The van der Waals surface area contributed by atoms with Crippen molar-refractivity contribution in [3.05, 3.63) is 116 Å². The van der Waals surface area contributed by atoms with Crippen molar-refractivity contribution in [2.45, 2.75) is 33.4 Å². The molecule has 0 aliphatic carbocycles. The van der Waals surface area contributed by atoms with Crippen LogP contribution in [-0.4, -0.2) is 27.6 Å². The van der Waals surface area contributed by atoms with Gasteiger partial charge in [0.15, 0.2) is 10.9 Å². The first-order valence-corrected chi connectivity index (χ1v) is 13.7. The second-order valence-electron chi connectivity index (χ2n) is 9.43. The average Bonchev–Trinajstić information content (AvgIpc) is 3.45. The molecule has 3 aromatic carbocycles. The Morgan fingerprint density at radius 1 is 1.05 bits per heavy atom. The van der Waals surface area contributed by atoms with E-state index in [2.05, 4.69) is 4.98 Å². The van der Waals surface area contributed by atoms with Crippen LogP contribution in [0.2, 0.25) is 5.02 Å². The zero-order valence-electron chi connectivity index (χ0n) is 22.0. The first kappa shape index (κ1) is 27.3. The van der Waals surface area contributed by atoms with E-state index in [0.717, 1.165) is 22.5 Å². The summed E-state index contributed by atoms with van der Waals surface area (Å²) in [6.07, 6.45) is 0. The average molecular weight is 573 g/mol. The van der Waals surface area contributed by atoms with Crippen molar-refractivity contribution in [2.75, 3.05) is 4.90 Å². The fourth-order valence-corrected chi connectivity index (χ4v) is 5.82. The van der Waals surface area contributed by atoms with Crippen molar-refractivity contribution < 1.29 is 24.2 Å².